The van der Waals surface area contributed by atoms with Crippen molar-refractivity contribution in [3.8, 4) is 22.3 Å². The molecule has 0 saturated heterocycles. The van der Waals surface area contributed by atoms with E-state index in [-0.39, 0.29) is 5.41 Å². The van der Waals surface area contributed by atoms with E-state index in [1.807, 2.05) is 0 Å². The lowest BCUT2D eigenvalue weighted by atomic mass is 9.80. The van der Waals surface area contributed by atoms with Gasteiger partial charge in [-0.25, -0.2) is 0 Å². The molecule has 0 N–H and O–H groups in total. The Morgan fingerprint density at radius 2 is 1.06 bits per heavy atom. The second-order valence-corrected chi connectivity index (χ2v) is 9.79. The summed E-state index contributed by atoms with van der Waals surface area (Å²) in [6.45, 7) is 4.76. The average molecular weight is 421 g/mol. The van der Waals surface area contributed by atoms with Gasteiger partial charge < -0.3 is 0 Å². The van der Waals surface area contributed by atoms with Gasteiger partial charge in [0.25, 0.3) is 0 Å². The zero-order valence-electron chi connectivity index (χ0n) is 18.9. The Morgan fingerprint density at radius 1 is 0.455 bits per heavy atom. The fourth-order valence-corrected chi connectivity index (χ4v) is 5.94. The SMILES string of the molecule is CC1(C)c2ccc3ccccc3c2-c2c1cc(-c1ccc3ccccc3c1)c1ccccc21. The Balaban J connectivity index is 1.61. The molecular weight excluding hydrogens is 396 g/mol. The molecule has 1 aliphatic carbocycles. The van der Waals surface area contributed by atoms with E-state index in [0.29, 0.717) is 0 Å². The van der Waals surface area contributed by atoms with Crippen LogP contribution in [0, 0.1) is 0 Å². The van der Waals surface area contributed by atoms with Crippen molar-refractivity contribution in [1.29, 1.82) is 0 Å². The molecule has 33 heavy (non-hydrogen) atoms. The minimum absolute atomic E-state index is 0.0513. The molecule has 0 atom stereocenters. The third-order valence-corrected chi connectivity index (χ3v) is 7.63. The fourth-order valence-electron chi connectivity index (χ4n) is 5.94. The van der Waals surface area contributed by atoms with E-state index in [9.17, 15) is 0 Å². The van der Waals surface area contributed by atoms with E-state index in [1.165, 1.54) is 65.7 Å². The number of rotatable bonds is 1. The molecule has 0 radical (unpaired) electrons. The van der Waals surface area contributed by atoms with Crippen LogP contribution >= 0.6 is 0 Å². The molecule has 0 heterocycles. The molecular formula is C33H24. The summed E-state index contributed by atoms with van der Waals surface area (Å²) >= 11 is 0. The van der Waals surface area contributed by atoms with Gasteiger partial charge >= 0.3 is 0 Å². The molecule has 6 aromatic rings. The molecule has 7 rings (SSSR count). The third-order valence-electron chi connectivity index (χ3n) is 7.63. The molecule has 0 heteroatoms. The van der Waals surface area contributed by atoms with E-state index in [4.69, 9.17) is 0 Å². The van der Waals surface area contributed by atoms with Gasteiger partial charge in [-0.1, -0.05) is 111 Å². The van der Waals surface area contributed by atoms with Gasteiger partial charge in [0.15, 0.2) is 0 Å². The summed E-state index contributed by atoms with van der Waals surface area (Å²) in [5, 5.41) is 7.90. The summed E-state index contributed by atoms with van der Waals surface area (Å²) in [5.74, 6) is 0. The molecule has 156 valence electrons. The van der Waals surface area contributed by atoms with Crippen LogP contribution in [0.4, 0.5) is 0 Å². The van der Waals surface area contributed by atoms with Gasteiger partial charge in [-0.3, -0.25) is 0 Å². The first-order valence-electron chi connectivity index (χ1n) is 11.7. The molecule has 0 bridgehead atoms. The second kappa shape index (κ2) is 6.56. The van der Waals surface area contributed by atoms with Crippen LogP contribution in [-0.2, 0) is 5.41 Å². The Kier molecular flexibility index (Phi) is 3.71. The molecule has 0 fully saturated rings. The van der Waals surface area contributed by atoms with E-state index in [2.05, 4.69) is 123 Å². The topological polar surface area (TPSA) is 0 Å². The van der Waals surface area contributed by atoms with Gasteiger partial charge in [0, 0.05) is 5.41 Å². The summed E-state index contributed by atoms with van der Waals surface area (Å²) < 4.78 is 0. The van der Waals surface area contributed by atoms with E-state index >= 15 is 0 Å². The highest BCUT2D eigenvalue weighted by atomic mass is 14.4. The van der Waals surface area contributed by atoms with Crippen LogP contribution in [0.25, 0.3) is 54.6 Å². The van der Waals surface area contributed by atoms with Crippen LogP contribution in [0.1, 0.15) is 25.0 Å². The predicted molar refractivity (Wildman–Crippen MR) is 142 cm³/mol. The van der Waals surface area contributed by atoms with Crippen molar-refractivity contribution in [2.24, 2.45) is 0 Å². The predicted octanol–water partition coefficient (Wildman–Crippen LogP) is 9.12. The minimum Gasteiger partial charge on any atom is -0.0616 e. The highest BCUT2D eigenvalue weighted by Gasteiger charge is 2.38. The number of fused-ring (bicyclic) bond motifs is 8. The largest absolute Gasteiger partial charge is 0.0616 e. The molecule has 0 amide bonds. The van der Waals surface area contributed by atoms with Crippen molar-refractivity contribution >= 4 is 32.3 Å². The Morgan fingerprint density at radius 3 is 1.88 bits per heavy atom. The maximum absolute atomic E-state index is 2.47. The first kappa shape index (κ1) is 18.7. The maximum atomic E-state index is 2.47. The van der Waals surface area contributed by atoms with E-state index in [0.717, 1.165) is 0 Å². The van der Waals surface area contributed by atoms with Crippen LogP contribution in [0.5, 0.6) is 0 Å². The number of hydrogen-bond donors (Lipinski definition) is 0. The maximum Gasteiger partial charge on any atom is 0.0159 e. The van der Waals surface area contributed by atoms with Crippen LogP contribution in [0.3, 0.4) is 0 Å². The quantitative estimate of drug-likeness (QED) is 0.249. The van der Waals surface area contributed by atoms with E-state index in [1.54, 1.807) is 0 Å². The lowest BCUT2D eigenvalue weighted by molar-refractivity contribution is 0.661. The molecule has 0 saturated carbocycles. The van der Waals surface area contributed by atoms with Crippen LogP contribution in [0.2, 0.25) is 0 Å². The zero-order valence-corrected chi connectivity index (χ0v) is 18.9. The molecule has 0 spiro atoms. The van der Waals surface area contributed by atoms with Gasteiger partial charge in [0.1, 0.15) is 0 Å². The first-order chi connectivity index (χ1) is 16.1. The van der Waals surface area contributed by atoms with Gasteiger partial charge in [-0.15, -0.1) is 0 Å². The van der Waals surface area contributed by atoms with Crippen LogP contribution in [0.15, 0.2) is 109 Å². The van der Waals surface area contributed by atoms with Gasteiger partial charge in [0.2, 0.25) is 0 Å². The van der Waals surface area contributed by atoms with Gasteiger partial charge in [-0.2, -0.15) is 0 Å². The lowest BCUT2D eigenvalue weighted by Crippen LogP contribution is -2.15. The van der Waals surface area contributed by atoms with Gasteiger partial charge in [-0.05, 0) is 77.8 Å². The molecule has 0 aromatic heterocycles. The summed E-state index contributed by atoms with van der Waals surface area (Å²) in [5.41, 5.74) is 8.23. The first-order valence-corrected chi connectivity index (χ1v) is 11.7. The van der Waals surface area contributed by atoms with Crippen molar-refractivity contribution in [3.05, 3.63) is 120 Å². The highest BCUT2D eigenvalue weighted by Crippen LogP contribution is 2.55. The summed E-state index contributed by atoms with van der Waals surface area (Å²) in [6.07, 6.45) is 0. The minimum atomic E-state index is -0.0513. The van der Waals surface area contributed by atoms with Crippen molar-refractivity contribution in [1.82, 2.24) is 0 Å². The standard InChI is InChI=1S/C33H24/c1-33(2)29-18-17-22-10-5-6-12-25(22)31(29)32-27-14-8-7-13-26(27)28(20-30(32)33)24-16-15-21-9-3-4-11-23(21)19-24/h3-20H,1-2H3. The van der Waals surface area contributed by atoms with Crippen molar-refractivity contribution < 1.29 is 0 Å². The summed E-state index contributed by atoms with van der Waals surface area (Å²) in [6, 6.07) is 40.4. The molecule has 1 aliphatic rings. The summed E-state index contributed by atoms with van der Waals surface area (Å²) in [7, 11) is 0. The number of hydrogen-bond acceptors (Lipinski definition) is 0. The fraction of sp³-hybridized carbons (Fsp3) is 0.0909. The Bertz CT molecular complexity index is 1730. The Hall–Kier alpha value is -3.90. The normalized spacial score (nSPS) is 14.0. The third kappa shape index (κ3) is 2.52. The van der Waals surface area contributed by atoms with E-state index < -0.39 is 0 Å². The smallest absolute Gasteiger partial charge is 0.0159 e. The molecule has 6 aromatic carbocycles. The Labute approximate surface area is 194 Å². The molecule has 0 aliphatic heterocycles. The van der Waals surface area contributed by atoms with Crippen LogP contribution < -0.4 is 0 Å². The van der Waals surface area contributed by atoms with Crippen molar-refractivity contribution in [2.45, 2.75) is 19.3 Å². The molecule has 0 nitrogen and oxygen atoms in total. The van der Waals surface area contributed by atoms with Crippen molar-refractivity contribution in [2.75, 3.05) is 0 Å². The second-order valence-electron chi connectivity index (χ2n) is 9.79. The highest BCUT2D eigenvalue weighted by molar-refractivity contribution is 6.14. The number of benzene rings is 6. The molecule has 0 unspecified atom stereocenters. The summed E-state index contributed by atoms with van der Waals surface area (Å²) in [4.78, 5) is 0. The zero-order chi connectivity index (χ0) is 22.2. The van der Waals surface area contributed by atoms with Gasteiger partial charge in [0.05, 0.1) is 0 Å². The van der Waals surface area contributed by atoms with Crippen molar-refractivity contribution in [3.63, 3.8) is 0 Å². The monoisotopic (exact) mass is 420 g/mol. The lowest BCUT2D eigenvalue weighted by Gasteiger charge is -2.23. The average Bonchev–Trinajstić information content (AvgIpc) is 3.10. The van der Waals surface area contributed by atoms with Crippen LogP contribution in [-0.4, -0.2) is 0 Å².